The lowest BCUT2D eigenvalue weighted by Gasteiger charge is -2.23. The highest BCUT2D eigenvalue weighted by molar-refractivity contribution is 6.30. The van der Waals surface area contributed by atoms with E-state index in [1.54, 1.807) is 0 Å². The minimum atomic E-state index is -0.566. The number of carbonyl (C=O) groups is 1. The second-order valence-corrected chi connectivity index (χ2v) is 6.82. The Morgan fingerprint density at radius 2 is 1.56 bits per heavy atom. The van der Waals surface area contributed by atoms with E-state index in [0.29, 0.717) is 5.02 Å². The smallest absolute Gasteiger partial charge is 0.328 e. The fourth-order valence-electron chi connectivity index (χ4n) is 2.88. The van der Waals surface area contributed by atoms with Gasteiger partial charge in [0.25, 0.3) is 0 Å². The van der Waals surface area contributed by atoms with Crippen molar-refractivity contribution in [3.63, 3.8) is 0 Å². The van der Waals surface area contributed by atoms with Crippen LogP contribution in [0.15, 0.2) is 84.9 Å². The first-order valence-electron chi connectivity index (χ1n) is 8.90. The minimum Gasteiger partial charge on any atom is -0.459 e. The van der Waals surface area contributed by atoms with Crippen molar-refractivity contribution in [3.8, 4) is 0 Å². The van der Waals surface area contributed by atoms with Crippen LogP contribution in [0.1, 0.15) is 35.7 Å². The summed E-state index contributed by atoms with van der Waals surface area (Å²) in [7, 11) is 0. The molecule has 3 rings (SSSR count). The number of esters is 1. The average molecular weight is 380 g/mol. The largest absolute Gasteiger partial charge is 0.459 e. The van der Waals surface area contributed by atoms with Crippen LogP contribution in [0, 0.1) is 0 Å². The van der Waals surface area contributed by atoms with Gasteiger partial charge in [0, 0.05) is 11.1 Å². The van der Waals surface area contributed by atoms with Crippen molar-refractivity contribution in [2.24, 2.45) is 0 Å². The Morgan fingerprint density at radius 1 is 0.926 bits per heavy atom. The number of hydrogen-bond donors (Lipinski definition) is 1. The fourth-order valence-corrected chi connectivity index (χ4v) is 3.08. The van der Waals surface area contributed by atoms with Gasteiger partial charge < -0.3 is 4.74 Å². The van der Waals surface area contributed by atoms with E-state index in [0.717, 1.165) is 16.7 Å². The van der Waals surface area contributed by atoms with Crippen molar-refractivity contribution in [3.05, 3.63) is 107 Å². The van der Waals surface area contributed by atoms with Crippen LogP contribution in [0.3, 0.4) is 0 Å². The summed E-state index contributed by atoms with van der Waals surface area (Å²) in [6.07, 6.45) is 0. The summed E-state index contributed by atoms with van der Waals surface area (Å²) in [6.45, 7) is 2.25. The van der Waals surface area contributed by atoms with Crippen LogP contribution in [0.2, 0.25) is 5.02 Å². The van der Waals surface area contributed by atoms with Crippen LogP contribution in [0.4, 0.5) is 0 Å². The second kappa shape index (κ2) is 9.36. The zero-order valence-electron chi connectivity index (χ0n) is 15.1. The highest BCUT2D eigenvalue weighted by atomic mass is 35.5. The van der Waals surface area contributed by atoms with E-state index in [-0.39, 0.29) is 18.6 Å². The molecular formula is C23H22ClNO2. The van der Waals surface area contributed by atoms with Crippen LogP contribution < -0.4 is 5.32 Å². The van der Waals surface area contributed by atoms with Crippen LogP contribution >= 0.6 is 11.6 Å². The van der Waals surface area contributed by atoms with Gasteiger partial charge in [-0.25, -0.2) is 4.79 Å². The number of ether oxygens (including phenoxy) is 1. The molecule has 0 aliphatic heterocycles. The van der Waals surface area contributed by atoms with Crippen LogP contribution in [0.5, 0.6) is 0 Å². The van der Waals surface area contributed by atoms with E-state index in [9.17, 15) is 4.79 Å². The Balaban J connectivity index is 1.75. The summed E-state index contributed by atoms with van der Waals surface area (Å²) in [5.74, 6) is -0.307. The predicted molar refractivity (Wildman–Crippen MR) is 108 cm³/mol. The van der Waals surface area contributed by atoms with Gasteiger partial charge in [-0.3, -0.25) is 5.32 Å². The molecule has 0 amide bonds. The van der Waals surface area contributed by atoms with Gasteiger partial charge in [0.2, 0.25) is 0 Å². The molecule has 138 valence electrons. The van der Waals surface area contributed by atoms with Gasteiger partial charge in [-0.2, -0.15) is 0 Å². The first-order chi connectivity index (χ1) is 13.1. The van der Waals surface area contributed by atoms with E-state index in [2.05, 4.69) is 5.32 Å². The van der Waals surface area contributed by atoms with Gasteiger partial charge in [0.05, 0.1) is 0 Å². The predicted octanol–water partition coefficient (Wildman–Crippen LogP) is 5.48. The van der Waals surface area contributed by atoms with E-state index >= 15 is 0 Å². The average Bonchev–Trinajstić information content (AvgIpc) is 2.71. The molecular weight excluding hydrogens is 358 g/mol. The molecule has 3 aromatic carbocycles. The lowest BCUT2D eigenvalue weighted by molar-refractivity contribution is -0.148. The van der Waals surface area contributed by atoms with E-state index < -0.39 is 6.04 Å². The van der Waals surface area contributed by atoms with Gasteiger partial charge in [-0.1, -0.05) is 84.4 Å². The molecule has 0 bridgehead atoms. The number of halogens is 1. The maximum absolute atomic E-state index is 12.8. The third kappa shape index (κ3) is 5.43. The van der Waals surface area contributed by atoms with Gasteiger partial charge in [-0.15, -0.1) is 0 Å². The maximum atomic E-state index is 12.8. The normalized spacial score (nSPS) is 13.0. The minimum absolute atomic E-state index is 0.0711. The van der Waals surface area contributed by atoms with E-state index in [1.807, 2.05) is 91.9 Å². The first kappa shape index (κ1) is 19.2. The molecule has 0 radical (unpaired) electrons. The molecule has 0 saturated heterocycles. The second-order valence-electron chi connectivity index (χ2n) is 6.38. The molecule has 3 nitrogen and oxygen atoms in total. The number of nitrogens with one attached hydrogen (secondary N) is 1. The standard InChI is InChI=1S/C23H22ClNO2/c1-17(20-13-8-14-21(24)15-20)25-22(19-11-6-3-7-12-19)23(26)27-16-18-9-4-2-5-10-18/h2-15,17,22,25H,16H2,1H3/t17-,22-/m1/s1. The topological polar surface area (TPSA) is 38.3 Å². The third-order valence-corrected chi connectivity index (χ3v) is 4.59. The van der Waals surface area contributed by atoms with Gasteiger partial charge in [-0.05, 0) is 35.7 Å². The van der Waals surface area contributed by atoms with Gasteiger partial charge >= 0.3 is 5.97 Å². The zero-order valence-corrected chi connectivity index (χ0v) is 15.9. The lowest BCUT2D eigenvalue weighted by Crippen LogP contribution is -2.32. The molecule has 2 atom stereocenters. The molecule has 0 saturated carbocycles. The van der Waals surface area contributed by atoms with Crippen molar-refractivity contribution >= 4 is 17.6 Å². The highest BCUT2D eigenvalue weighted by Gasteiger charge is 2.24. The van der Waals surface area contributed by atoms with E-state index in [1.165, 1.54) is 0 Å². The molecule has 0 heterocycles. The number of rotatable bonds is 7. The van der Waals surface area contributed by atoms with Crippen molar-refractivity contribution in [2.45, 2.75) is 25.6 Å². The van der Waals surface area contributed by atoms with Crippen LogP contribution in [-0.4, -0.2) is 5.97 Å². The highest BCUT2D eigenvalue weighted by Crippen LogP contribution is 2.23. The summed E-state index contributed by atoms with van der Waals surface area (Å²) < 4.78 is 5.58. The molecule has 0 aromatic heterocycles. The van der Waals surface area contributed by atoms with Crippen LogP contribution in [-0.2, 0) is 16.1 Å². The molecule has 0 fully saturated rings. The Morgan fingerprint density at radius 3 is 2.22 bits per heavy atom. The molecule has 0 spiro atoms. The number of benzene rings is 3. The molecule has 1 N–H and O–H groups in total. The maximum Gasteiger partial charge on any atom is 0.328 e. The molecule has 27 heavy (non-hydrogen) atoms. The summed E-state index contributed by atoms with van der Waals surface area (Å²) in [5.41, 5.74) is 2.84. The zero-order chi connectivity index (χ0) is 19.1. The summed E-state index contributed by atoms with van der Waals surface area (Å²) in [4.78, 5) is 12.8. The number of carbonyl (C=O) groups excluding carboxylic acids is 1. The third-order valence-electron chi connectivity index (χ3n) is 4.36. The Hall–Kier alpha value is -2.62. The quantitative estimate of drug-likeness (QED) is 0.553. The lowest BCUT2D eigenvalue weighted by atomic mass is 10.0. The first-order valence-corrected chi connectivity index (χ1v) is 9.28. The molecule has 3 aromatic rings. The van der Waals surface area contributed by atoms with Crippen molar-refractivity contribution in [1.82, 2.24) is 5.32 Å². The van der Waals surface area contributed by atoms with Gasteiger partial charge in [0.15, 0.2) is 0 Å². The molecule has 0 aliphatic carbocycles. The molecule has 0 unspecified atom stereocenters. The molecule has 4 heteroatoms. The SMILES string of the molecule is C[C@@H](N[C@@H](C(=O)OCc1ccccc1)c1ccccc1)c1cccc(Cl)c1. The fraction of sp³-hybridized carbons (Fsp3) is 0.174. The van der Waals surface area contributed by atoms with Crippen molar-refractivity contribution < 1.29 is 9.53 Å². The van der Waals surface area contributed by atoms with Crippen molar-refractivity contribution in [1.29, 1.82) is 0 Å². The number of hydrogen-bond acceptors (Lipinski definition) is 3. The summed E-state index contributed by atoms with van der Waals surface area (Å²) >= 11 is 6.10. The van der Waals surface area contributed by atoms with Crippen LogP contribution in [0.25, 0.3) is 0 Å². The Bertz CT molecular complexity index is 868. The monoisotopic (exact) mass is 379 g/mol. The molecule has 0 aliphatic rings. The Kier molecular flexibility index (Phi) is 6.64. The summed E-state index contributed by atoms with van der Waals surface area (Å²) in [6, 6.07) is 26.3. The van der Waals surface area contributed by atoms with Gasteiger partial charge in [0.1, 0.15) is 12.6 Å². The van der Waals surface area contributed by atoms with E-state index in [4.69, 9.17) is 16.3 Å². The van der Waals surface area contributed by atoms with Crippen molar-refractivity contribution in [2.75, 3.05) is 0 Å². The Labute approximate surface area is 164 Å². The summed E-state index contributed by atoms with van der Waals surface area (Å²) in [5, 5.41) is 4.05.